The Hall–Kier alpha value is -2.23. The molecule has 1 aliphatic heterocycles. The topological polar surface area (TPSA) is 119 Å². The number of carbonyl (C=O) groups is 2. The van der Waals surface area contributed by atoms with Gasteiger partial charge in [-0.05, 0) is 24.3 Å². The van der Waals surface area contributed by atoms with Gasteiger partial charge in [0.1, 0.15) is 5.70 Å². The van der Waals surface area contributed by atoms with Crippen LogP contribution in [0.1, 0.15) is 0 Å². The number of amides is 2. The van der Waals surface area contributed by atoms with Gasteiger partial charge < -0.3 is 10.1 Å². The molecule has 2 rings (SSSR count). The molecule has 118 valence electrons. The molecular weight excluding hydrogens is 310 g/mol. The third-order valence-electron chi connectivity index (χ3n) is 2.99. The largest absolute Gasteiger partial charge is 0.383 e. The number of imide groups is 1. The average Bonchev–Trinajstić information content (AvgIpc) is 2.71. The Morgan fingerprint density at radius 2 is 1.86 bits per heavy atom. The van der Waals surface area contributed by atoms with Crippen LogP contribution in [0.4, 0.5) is 5.69 Å². The molecule has 0 fully saturated rings. The summed E-state index contributed by atoms with van der Waals surface area (Å²) in [6.45, 7) is 0.419. The van der Waals surface area contributed by atoms with Crippen LogP contribution in [0.5, 0.6) is 0 Å². The fraction of sp³-hybridized carbons (Fsp3) is 0.231. The van der Waals surface area contributed by atoms with Gasteiger partial charge in [-0.2, -0.15) is 0 Å². The first-order chi connectivity index (χ1) is 10.3. The third-order valence-corrected chi connectivity index (χ3v) is 3.92. The van der Waals surface area contributed by atoms with Gasteiger partial charge in [0.2, 0.25) is 10.0 Å². The van der Waals surface area contributed by atoms with Crippen molar-refractivity contribution in [3.63, 3.8) is 0 Å². The van der Waals surface area contributed by atoms with Crippen LogP contribution in [0.15, 0.2) is 40.9 Å². The van der Waals surface area contributed by atoms with Crippen LogP contribution in [0.2, 0.25) is 0 Å². The summed E-state index contributed by atoms with van der Waals surface area (Å²) in [5.41, 5.74) is 0.581. The molecule has 0 radical (unpaired) electrons. The number of benzene rings is 1. The van der Waals surface area contributed by atoms with E-state index in [9.17, 15) is 18.0 Å². The summed E-state index contributed by atoms with van der Waals surface area (Å²) in [5.74, 6) is -0.886. The predicted molar refractivity (Wildman–Crippen MR) is 78.1 cm³/mol. The molecule has 2 amide bonds. The maximum atomic E-state index is 12.1. The van der Waals surface area contributed by atoms with E-state index in [-0.39, 0.29) is 23.7 Å². The number of nitrogens with one attached hydrogen (secondary N) is 1. The number of ether oxygens (including phenoxy) is 1. The number of nitrogens with zero attached hydrogens (tertiary/aromatic N) is 1. The summed E-state index contributed by atoms with van der Waals surface area (Å²) in [5, 5.41) is 7.78. The van der Waals surface area contributed by atoms with E-state index in [1.54, 1.807) is 0 Å². The molecule has 1 aromatic carbocycles. The molecule has 0 saturated heterocycles. The number of hydrogen-bond acceptors (Lipinski definition) is 6. The van der Waals surface area contributed by atoms with Crippen LogP contribution in [-0.2, 0) is 24.3 Å². The van der Waals surface area contributed by atoms with Gasteiger partial charge in [0.15, 0.2) is 0 Å². The fourth-order valence-electron chi connectivity index (χ4n) is 1.88. The molecular formula is C13H15N3O5S. The summed E-state index contributed by atoms with van der Waals surface area (Å²) in [6, 6.07) is 5.52. The molecule has 0 aromatic heterocycles. The van der Waals surface area contributed by atoms with Crippen molar-refractivity contribution >= 4 is 27.5 Å². The molecule has 0 unspecified atom stereocenters. The smallest absolute Gasteiger partial charge is 0.277 e. The zero-order valence-corrected chi connectivity index (χ0v) is 12.6. The van der Waals surface area contributed by atoms with Crippen LogP contribution >= 0.6 is 0 Å². The molecule has 9 heteroatoms. The van der Waals surface area contributed by atoms with Crippen molar-refractivity contribution in [3.05, 3.63) is 36.0 Å². The Kier molecular flexibility index (Phi) is 4.59. The van der Waals surface area contributed by atoms with Crippen LogP contribution in [0.3, 0.4) is 0 Å². The highest BCUT2D eigenvalue weighted by Crippen LogP contribution is 2.18. The van der Waals surface area contributed by atoms with Gasteiger partial charge in [-0.15, -0.1) is 0 Å². The number of hydrogen-bond donors (Lipinski definition) is 2. The van der Waals surface area contributed by atoms with Crippen LogP contribution in [0, 0.1) is 0 Å². The first-order valence-electron chi connectivity index (χ1n) is 6.29. The van der Waals surface area contributed by atoms with E-state index in [1.165, 1.54) is 37.5 Å². The summed E-state index contributed by atoms with van der Waals surface area (Å²) < 4.78 is 27.2. The second-order valence-electron chi connectivity index (χ2n) is 4.54. The molecule has 22 heavy (non-hydrogen) atoms. The Balaban J connectivity index is 2.10. The minimum atomic E-state index is -3.77. The maximum Gasteiger partial charge on any atom is 0.277 e. The molecule has 0 bridgehead atoms. The zero-order valence-electron chi connectivity index (χ0n) is 11.8. The van der Waals surface area contributed by atoms with E-state index in [4.69, 9.17) is 9.88 Å². The Bertz CT molecular complexity index is 725. The van der Waals surface area contributed by atoms with Crippen LogP contribution < -0.4 is 10.5 Å². The molecule has 8 nitrogen and oxygen atoms in total. The second kappa shape index (κ2) is 6.26. The van der Waals surface area contributed by atoms with Crippen molar-refractivity contribution in [1.29, 1.82) is 0 Å². The van der Waals surface area contributed by atoms with Gasteiger partial charge in [-0.3, -0.25) is 14.5 Å². The number of methoxy groups -OCH3 is 1. The normalized spacial score (nSPS) is 15.2. The lowest BCUT2D eigenvalue weighted by atomic mass is 10.3. The summed E-state index contributed by atoms with van der Waals surface area (Å²) >= 11 is 0. The lowest BCUT2D eigenvalue weighted by Gasteiger charge is -2.14. The zero-order chi connectivity index (χ0) is 16.3. The highest BCUT2D eigenvalue weighted by Gasteiger charge is 2.30. The molecule has 0 spiro atoms. The minimum absolute atomic E-state index is 0.0393. The SMILES string of the molecule is COCCN1C(=O)C=C(Nc2ccc(S(N)(=O)=O)cc2)C1=O. The quantitative estimate of drug-likeness (QED) is 0.690. The number of sulfonamides is 1. The van der Waals surface area contributed by atoms with E-state index in [0.29, 0.717) is 5.69 Å². The first kappa shape index (κ1) is 16.1. The van der Waals surface area contributed by atoms with E-state index < -0.39 is 21.8 Å². The van der Waals surface area contributed by atoms with Crippen LogP contribution in [0.25, 0.3) is 0 Å². The molecule has 1 aliphatic rings. The molecule has 3 N–H and O–H groups in total. The van der Waals surface area contributed by atoms with Gasteiger partial charge >= 0.3 is 0 Å². The van der Waals surface area contributed by atoms with Crippen molar-refractivity contribution in [2.24, 2.45) is 5.14 Å². The second-order valence-corrected chi connectivity index (χ2v) is 6.10. The van der Waals surface area contributed by atoms with Gasteiger partial charge in [-0.25, -0.2) is 13.6 Å². The van der Waals surface area contributed by atoms with Gasteiger partial charge in [-0.1, -0.05) is 0 Å². The number of rotatable bonds is 6. The third kappa shape index (κ3) is 3.50. The van der Waals surface area contributed by atoms with E-state index in [1.807, 2.05) is 0 Å². The lowest BCUT2D eigenvalue weighted by Crippen LogP contribution is -2.34. The maximum absolute atomic E-state index is 12.1. The van der Waals surface area contributed by atoms with Crippen molar-refractivity contribution in [1.82, 2.24) is 4.90 Å². The van der Waals surface area contributed by atoms with Gasteiger partial charge in [0, 0.05) is 18.9 Å². The van der Waals surface area contributed by atoms with E-state index >= 15 is 0 Å². The average molecular weight is 325 g/mol. The fourth-order valence-corrected chi connectivity index (χ4v) is 2.39. The van der Waals surface area contributed by atoms with Crippen molar-refractivity contribution in [3.8, 4) is 0 Å². The van der Waals surface area contributed by atoms with E-state index in [2.05, 4.69) is 5.32 Å². The Labute approximate surface area is 127 Å². The molecule has 0 aliphatic carbocycles. The summed E-state index contributed by atoms with van der Waals surface area (Å²) in [7, 11) is -2.29. The van der Waals surface area contributed by atoms with Crippen molar-refractivity contribution in [2.75, 3.05) is 25.6 Å². The number of anilines is 1. The lowest BCUT2D eigenvalue weighted by molar-refractivity contribution is -0.137. The standard InChI is InChI=1S/C13H15N3O5S/c1-21-7-6-16-12(17)8-11(13(16)18)15-9-2-4-10(5-3-9)22(14,19)20/h2-5,8,15H,6-7H2,1H3,(H2,14,19,20). The first-order valence-corrected chi connectivity index (χ1v) is 7.84. The number of nitrogens with two attached hydrogens (primary N) is 1. The van der Waals surface area contributed by atoms with Gasteiger partial charge in [0.25, 0.3) is 11.8 Å². The molecule has 0 saturated carbocycles. The number of primary sulfonamides is 1. The predicted octanol–water partition coefficient (Wildman–Crippen LogP) is -0.355. The minimum Gasteiger partial charge on any atom is -0.383 e. The molecule has 1 aromatic rings. The highest BCUT2D eigenvalue weighted by atomic mass is 32.2. The van der Waals surface area contributed by atoms with Gasteiger partial charge in [0.05, 0.1) is 18.0 Å². The van der Waals surface area contributed by atoms with Crippen LogP contribution in [-0.4, -0.2) is 45.4 Å². The van der Waals surface area contributed by atoms with Crippen molar-refractivity contribution < 1.29 is 22.7 Å². The molecule has 1 heterocycles. The van der Waals surface area contributed by atoms with Crippen molar-refractivity contribution in [2.45, 2.75) is 4.90 Å². The Morgan fingerprint density at radius 1 is 1.23 bits per heavy atom. The highest BCUT2D eigenvalue weighted by molar-refractivity contribution is 7.89. The monoisotopic (exact) mass is 325 g/mol. The number of carbonyl (C=O) groups excluding carboxylic acids is 2. The summed E-state index contributed by atoms with van der Waals surface area (Å²) in [4.78, 5) is 24.8. The molecule has 0 atom stereocenters. The Morgan fingerprint density at radius 3 is 2.41 bits per heavy atom. The summed E-state index contributed by atoms with van der Waals surface area (Å²) in [6.07, 6.45) is 1.19. The van der Waals surface area contributed by atoms with E-state index in [0.717, 1.165) is 4.90 Å².